The summed E-state index contributed by atoms with van der Waals surface area (Å²) in [5, 5.41) is 7.79. The Kier molecular flexibility index (Phi) is 4.45. The van der Waals surface area contributed by atoms with Crippen LogP contribution in [0.4, 0.5) is 0 Å². The highest BCUT2D eigenvalue weighted by Gasteiger charge is 2.14. The molecule has 0 bridgehead atoms. The van der Waals surface area contributed by atoms with Crippen molar-refractivity contribution in [1.29, 1.82) is 0 Å². The maximum Gasteiger partial charge on any atom is 0.121 e. The van der Waals surface area contributed by atoms with Gasteiger partial charge >= 0.3 is 0 Å². The molecule has 2 aromatic rings. The van der Waals surface area contributed by atoms with Gasteiger partial charge in [-0.2, -0.15) is 5.10 Å². The largest absolute Gasteiger partial charge is 0.496 e. The topological polar surface area (TPSA) is 39.1 Å². The van der Waals surface area contributed by atoms with Crippen LogP contribution in [0.2, 0.25) is 0 Å². The fourth-order valence-electron chi connectivity index (χ4n) is 2.57. The highest BCUT2D eigenvalue weighted by Crippen LogP contribution is 2.24. The molecule has 1 aromatic heterocycles. The molecule has 4 heteroatoms. The lowest BCUT2D eigenvalue weighted by molar-refractivity contribution is 0.411. The summed E-state index contributed by atoms with van der Waals surface area (Å²) in [6, 6.07) is 8.75. The normalized spacial score (nSPS) is 12.4. The third-order valence-corrected chi connectivity index (χ3v) is 3.68. The predicted octanol–water partition coefficient (Wildman–Crippen LogP) is 2.55. The number of nitrogens with zero attached hydrogens (tertiary/aromatic N) is 2. The van der Waals surface area contributed by atoms with Crippen LogP contribution in [0.1, 0.15) is 28.6 Å². The molecule has 0 saturated carbocycles. The molecule has 0 radical (unpaired) electrons. The zero-order valence-corrected chi connectivity index (χ0v) is 12.9. The summed E-state index contributed by atoms with van der Waals surface area (Å²) >= 11 is 0. The van der Waals surface area contributed by atoms with Gasteiger partial charge in [0.25, 0.3) is 0 Å². The van der Waals surface area contributed by atoms with Gasteiger partial charge < -0.3 is 10.1 Å². The average molecular weight is 273 g/mol. The smallest absolute Gasteiger partial charge is 0.121 e. The second kappa shape index (κ2) is 6.09. The molecule has 0 amide bonds. The maximum atomic E-state index is 5.32. The van der Waals surface area contributed by atoms with Crippen molar-refractivity contribution in [3.8, 4) is 5.75 Å². The minimum atomic E-state index is 0.273. The lowest BCUT2D eigenvalue weighted by atomic mass is 9.99. The third-order valence-electron chi connectivity index (χ3n) is 3.68. The van der Waals surface area contributed by atoms with E-state index in [0.717, 1.165) is 23.4 Å². The zero-order chi connectivity index (χ0) is 14.7. The van der Waals surface area contributed by atoms with Crippen molar-refractivity contribution in [1.82, 2.24) is 15.1 Å². The van der Waals surface area contributed by atoms with Gasteiger partial charge in [0, 0.05) is 25.2 Å². The van der Waals surface area contributed by atoms with Gasteiger partial charge in [-0.25, -0.2) is 0 Å². The van der Waals surface area contributed by atoms with Crippen molar-refractivity contribution >= 4 is 0 Å². The first-order valence-electron chi connectivity index (χ1n) is 6.86. The second-order valence-corrected chi connectivity index (χ2v) is 5.18. The molecule has 1 aromatic carbocycles. The van der Waals surface area contributed by atoms with E-state index >= 15 is 0 Å². The molecule has 1 atom stereocenters. The summed E-state index contributed by atoms with van der Waals surface area (Å²) in [5.41, 5.74) is 4.72. The average Bonchev–Trinajstić information content (AvgIpc) is 2.74. The number of rotatable bonds is 5. The van der Waals surface area contributed by atoms with E-state index < -0.39 is 0 Å². The molecule has 1 N–H and O–H groups in total. The Morgan fingerprint density at radius 2 is 2.05 bits per heavy atom. The van der Waals surface area contributed by atoms with Crippen molar-refractivity contribution < 1.29 is 4.74 Å². The Morgan fingerprint density at radius 3 is 2.55 bits per heavy atom. The highest BCUT2D eigenvalue weighted by atomic mass is 16.5. The van der Waals surface area contributed by atoms with Crippen molar-refractivity contribution in [2.24, 2.45) is 7.05 Å². The third kappa shape index (κ3) is 3.02. The van der Waals surface area contributed by atoms with Crippen molar-refractivity contribution in [2.75, 3.05) is 14.2 Å². The van der Waals surface area contributed by atoms with Crippen LogP contribution in [0.5, 0.6) is 5.75 Å². The molecule has 4 nitrogen and oxygen atoms in total. The number of nitrogens with one attached hydrogen (secondary N) is 1. The number of aromatic nitrogens is 2. The van der Waals surface area contributed by atoms with Gasteiger partial charge in [0.2, 0.25) is 0 Å². The molecular weight excluding hydrogens is 250 g/mol. The maximum absolute atomic E-state index is 5.32. The van der Waals surface area contributed by atoms with Crippen molar-refractivity contribution in [2.45, 2.75) is 26.3 Å². The lowest BCUT2D eigenvalue weighted by Crippen LogP contribution is -2.20. The highest BCUT2D eigenvalue weighted by molar-refractivity contribution is 5.37. The minimum Gasteiger partial charge on any atom is -0.496 e. The number of hydrogen-bond donors (Lipinski definition) is 1. The van der Waals surface area contributed by atoms with Crippen LogP contribution in [-0.4, -0.2) is 23.9 Å². The molecule has 108 valence electrons. The first-order chi connectivity index (χ1) is 9.55. The molecule has 0 aliphatic rings. The predicted molar refractivity (Wildman–Crippen MR) is 81.2 cm³/mol. The number of aryl methyl sites for hydroxylation is 3. The number of likely N-dealkylation sites (N-methyl/N-ethyl adjacent to an activating group) is 1. The molecule has 2 rings (SSSR count). The molecule has 1 heterocycles. The van der Waals surface area contributed by atoms with E-state index in [-0.39, 0.29) is 6.04 Å². The summed E-state index contributed by atoms with van der Waals surface area (Å²) in [6.45, 7) is 4.10. The molecular formula is C16H23N3O. The Hall–Kier alpha value is -1.81. The molecule has 0 fully saturated rings. The minimum absolute atomic E-state index is 0.273. The number of methoxy groups -OCH3 is 1. The van der Waals surface area contributed by atoms with Crippen LogP contribution >= 0.6 is 0 Å². The standard InChI is InChI=1S/C16H23N3O/c1-11-8-13(6-7-16(11)20-5)15(17-3)10-14-9-12(2)18-19(14)4/h6-9,15,17H,10H2,1-5H3. The van der Waals surface area contributed by atoms with E-state index in [0.29, 0.717) is 0 Å². The van der Waals surface area contributed by atoms with Crippen LogP contribution < -0.4 is 10.1 Å². The summed E-state index contributed by atoms with van der Waals surface area (Å²) in [5.74, 6) is 0.931. The first-order valence-corrected chi connectivity index (χ1v) is 6.86. The molecule has 0 aliphatic heterocycles. The monoisotopic (exact) mass is 273 g/mol. The van der Waals surface area contributed by atoms with E-state index in [1.807, 2.05) is 31.8 Å². The molecule has 0 saturated heterocycles. The summed E-state index contributed by atoms with van der Waals surface area (Å²) in [7, 11) is 5.69. The number of benzene rings is 1. The molecule has 0 spiro atoms. The van der Waals surface area contributed by atoms with Crippen LogP contribution in [-0.2, 0) is 13.5 Å². The van der Waals surface area contributed by atoms with Gasteiger partial charge in [-0.3, -0.25) is 4.68 Å². The van der Waals surface area contributed by atoms with E-state index in [9.17, 15) is 0 Å². The lowest BCUT2D eigenvalue weighted by Gasteiger charge is -2.18. The number of ether oxygens (including phenoxy) is 1. The molecule has 0 aliphatic carbocycles. The van der Waals surface area contributed by atoms with E-state index in [4.69, 9.17) is 4.74 Å². The summed E-state index contributed by atoms with van der Waals surface area (Å²) in [6.07, 6.45) is 0.916. The summed E-state index contributed by atoms with van der Waals surface area (Å²) in [4.78, 5) is 0. The van der Waals surface area contributed by atoms with Gasteiger partial charge in [0.1, 0.15) is 5.75 Å². The second-order valence-electron chi connectivity index (χ2n) is 5.18. The quantitative estimate of drug-likeness (QED) is 0.910. The zero-order valence-electron chi connectivity index (χ0n) is 12.9. The number of hydrogen-bond acceptors (Lipinski definition) is 3. The van der Waals surface area contributed by atoms with Gasteiger partial charge in [0.15, 0.2) is 0 Å². The SMILES string of the molecule is CNC(Cc1cc(C)nn1C)c1ccc(OC)c(C)c1. The Morgan fingerprint density at radius 1 is 1.30 bits per heavy atom. The van der Waals surface area contributed by atoms with E-state index in [1.165, 1.54) is 11.3 Å². The van der Waals surface area contributed by atoms with Crippen LogP contribution in [0.25, 0.3) is 0 Å². The Labute approximate surface area is 120 Å². The fraction of sp³-hybridized carbons (Fsp3) is 0.438. The van der Waals surface area contributed by atoms with Crippen LogP contribution in [0.3, 0.4) is 0 Å². The molecule has 1 unspecified atom stereocenters. The summed E-state index contributed by atoms with van der Waals surface area (Å²) < 4.78 is 7.27. The van der Waals surface area contributed by atoms with Gasteiger partial charge in [0.05, 0.1) is 12.8 Å². The first kappa shape index (κ1) is 14.6. The Bertz CT molecular complexity index is 589. The van der Waals surface area contributed by atoms with Crippen LogP contribution in [0.15, 0.2) is 24.3 Å². The van der Waals surface area contributed by atoms with E-state index in [2.05, 4.69) is 35.5 Å². The van der Waals surface area contributed by atoms with Crippen LogP contribution in [0, 0.1) is 13.8 Å². The van der Waals surface area contributed by atoms with Crippen molar-refractivity contribution in [3.05, 3.63) is 46.8 Å². The van der Waals surface area contributed by atoms with Gasteiger partial charge in [-0.1, -0.05) is 12.1 Å². The van der Waals surface area contributed by atoms with Gasteiger partial charge in [-0.15, -0.1) is 0 Å². The van der Waals surface area contributed by atoms with Crippen molar-refractivity contribution in [3.63, 3.8) is 0 Å². The Balaban J connectivity index is 2.24. The fourth-order valence-corrected chi connectivity index (χ4v) is 2.57. The molecule has 20 heavy (non-hydrogen) atoms. The van der Waals surface area contributed by atoms with E-state index in [1.54, 1.807) is 7.11 Å². The van der Waals surface area contributed by atoms with Gasteiger partial charge in [-0.05, 0) is 44.2 Å².